The first-order valence-corrected chi connectivity index (χ1v) is 7.38. The second kappa shape index (κ2) is 6.07. The fourth-order valence-corrected chi connectivity index (χ4v) is 2.48. The molecule has 0 bridgehead atoms. The Hall–Kier alpha value is -2.53. The maximum Gasteiger partial charge on any atom is 0.100 e. The van der Waals surface area contributed by atoms with Gasteiger partial charge in [-0.2, -0.15) is 0 Å². The quantitative estimate of drug-likeness (QED) is 0.709. The van der Waals surface area contributed by atoms with E-state index in [-0.39, 0.29) is 0 Å². The van der Waals surface area contributed by atoms with Gasteiger partial charge < -0.3 is 16.0 Å². The van der Waals surface area contributed by atoms with Crippen LogP contribution in [0.1, 0.15) is 0 Å². The number of rotatable bonds is 5. The van der Waals surface area contributed by atoms with Crippen molar-refractivity contribution in [3.63, 3.8) is 0 Å². The van der Waals surface area contributed by atoms with Gasteiger partial charge in [-0.15, -0.1) is 0 Å². The van der Waals surface area contributed by atoms with Crippen molar-refractivity contribution in [1.82, 2.24) is 14.9 Å². The van der Waals surface area contributed by atoms with Crippen LogP contribution in [-0.4, -0.2) is 36.7 Å². The van der Waals surface area contributed by atoms with Crippen LogP contribution in [0, 0.1) is 0 Å². The normalized spacial score (nSPS) is 11.0. The number of aromatic nitrogens is 2. The summed E-state index contributed by atoms with van der Waals surface area (Å²) in [6.07, 6.45) is 1.85. The van der Waals surface area contributed by atoms with E-state index in [1.165, 1.54) is 5.69 Å². The maximum atomic E-state index is 5.77. The number of fused-ring (bicyclic) bond motifs is 1. The second-order valence-electron chi connectivity index (χ2n) is 5.40. The van der Waals surface area contributed by atoms with Gasteiger partial charge in [-0.3, -0.25) is 4.57 Å². The summed E-state index contributed by atoms with van der Waals surface area (Å²) in [6.45, 7) is 1.91. The highest BCUT2D eigenvalue weighted by Gasteiger charge is 2.08. The summed E-state index contributed by atoms with van der Waals surface area (Å²) in [7, 11) is 4.07. The Morgan fingerprint density at radius 2 is 1.95 bits per heavy atom. The summed E-state index contributed by atoms with van der Waals surface area (Å²) >= 11 is 0. The van der Waals surface area contributed by atoms with E-state index in [0.717, 1.165) is 35.5 Å². The van der Waals surface area contributed by atoms with Gasteiger partial charge in [-0.1, -0.05) is 0 Å². The average molecular weight is 295 g/mol. The zero-order valence-corrected chi connectivity index (χ0v) is 13.0. The molecule has 1 aromatic heterocycles. The van der Waals surface area contributed by atoms with Crippen molar-refractivity contribution < 1.29 is 0 Å². The van der Waals surface area contributed by atoms with E-state index in [2.05, 4.69) is 45.0 Å². The number of nitrogens with one attached hydrogen (secondary N) is 1. The molecule has 3 N–H and O–H groups in total. The molecular formula is C17H21N5. The molecule has 0 saturated heterocycles. The lowest BCUT2D eigenvalue weighted by Gasteiger charge is -2.19. The third-order valence-corrected chi connectivity index (χ3v) is 3.84. The Labute approximate surface area is 130 Å². The molecule has 5 heteroatoms. The van der Waals surface area contributed by atoms with Gasteiger partial charge >= 0.3 is 0 Å². The SMILES string of the molecule is CNCCN(C)c1ccc2ncn(-c3ccc(N)cc3)c2c1. The van der Waals surface area contributed by atoms with Crippen molar-refractivity contribution in [2.75, 3.05) is 37.8 Å². The minimum absolute atomic E-state index is 0.764. The summed E-state index contributed by atoms with van der Waals surface area (Å²) in [5.74, 6) is 0. The van der Waals surface area contributed by atoms with E-state index in [4.69, 9.17) is 5.73 Å². The number of nitrogens with two attached hydrogens (primary N) is 1. The van der Waals surface area contributed by atoms with Crippen LogP contribution < -0.4 is 16.0 Å². The Morgan fingerprint density at radius 1 is 1.18 bits per heavy atom. The monoisotopic (exact) mass is 295 g/mol. The van der Waals surface area contributed by atoms with Gasteiger partial charge in [-0.25, -0.2) is 4.98 Å². The van der Waals surface area contributed by atoms with Crippen LogP contribution in [-0.2, 0) is 0 Å². The first-order chi connectivity index (χ1) is 10.7. The van der Waals surface area contributed by atoms with Gasteiger partial charge in [0.2, 0.25) is 0 Å². The van der Waals surface area contributed by atoms with Crippen molar-refractivity contribution in [3.8, 4) is 5.69 Å². The minimum atomic E-state index is 0.764. The Morgan fingerprint density at radius 3 is 2.68 bits per heavy atom. The molecule has 0 unspecified atom stereocenters. The standard InChI is InChI=1S/C17H21N5/c1-19-9-10-21(2)15-7-8-16-17(11-15)22(12-20-16)14-5-3-13(18)4-6-14/h3-8,11-12,19H,9-10,18H2,1-2H3. The van der Waals surface area contributed by atoms with E-state index in [9.17, 15) is 0 Å². The number of nitrogen functional groups attached to an aromatic ring is 1. The molecule has 114 valence electrons. The third kappa shape index (κ3) is 2.76. The zero-order valence-electron chi connectivity index (χ0n) is 13.0. The first kappa shape index (κ1) is 14.4. The fraction of sp³-hybridized carbons (Fsp3) is 0.235. The number of benzene rings is 2. The number of hydrogen-bond acceptors (Lipinski definition) is 4. The third-order valence-electron chi connectivity index (χ3n) is 3.84. The van der Waals surface area contributed by atoms with E-state index >= 15 is 0 Å². The largest absolute Gasteiger partial charge is 0.399 e. The highest BCUT2D eigenvalue weighted by Crippen LogP contribution is 2.23. The molecule has 0 fully saturated rings. The van der Waals surface area contributed by atoms with Crippen LogP contribution in [0.3, 0.4) is 0 Å². The molecule has 5 nitrogen and oxygen atoms in total. The topological polar surface area (TPSA) is 59.1 Å². The summed E-state index contributed by atoms with van der Waals surface area (Å²) in [6, 6.07) is 14.2. The van der Waals surface area contributed by atoms with Gasteiger partial charge in [0, 0.05) is 37.2 Å². The molecule has 0 amide bonds. The molecular weight excluding hydrogens is 274 g/mol. The van der Waals surface area contributed by atoms with Crippen molar-refractivity contribution in [1.29, 1.82) is 0 Å². The van der Waals surface area contributed by atoms with Gasteiger partial charge in [0.05, 0.1) is 11.0 Å². The summed E-state index contributed by atoms with van der Waals surface area (Å²) < 4.78 is 2.09. The molecule has 0 radical (unpaired) electrons. The van der Waals surface area contributed by atoms with Gasteiger partial charge in [0.1, 0.15) is 6.33 Å². The number of hydrogen-bond donors (Lipinski definition) is 2. The Bertz CT molecular complexity index is 760. The molecule has 22 heavy (non-hydrogen) atoms. The van der Waals surface area contributed by atoms with E-state index in [1.807, 2.05) is 37.6 Å². The average Bonchev–Trinajstić information content (AvgIpc) is 2.96. The van der Waals surface area contributed by atoms with Crippen molar-refractivity contribution in [2.24, 2.45) is 0 Å². The van der Waals surface area contributed by atoms with Crippen LogP contribution >= 0.6 is 0 Å². The van der Waals surface area contributed by atoms with Gasteiger partial charge in [0.15, 0.2) is 0 Å². The van der Waals surface area contributed by atoms with Gasteiger partial charge in [0.25, 0.3) is 0 Å². The molecule has 0 aliphatic carbocycles. The van der Waals surface area contributed by atoms with Crippen LogP contribution in [0.15, 0.2) is 48.8 Å². The van der Waals surface area contributed by atoms with E-state index < -0.39 is 0 Å². The van der Waals surface area contributed by atoms with Crippen LogP contribution in [0.5, 0.6) is 0 Å². The highest BCUT2D eigenvalue weighted by atomic mass is 15.1. The van der Waals surface area contributed by atoms with Crippen LogP contribution in [0.25, 0.3) is 16.7 Å². The number of likely N-dealkylation sites (N-methyl/N-ethyl adjacent to an activating group) is 2. The summed E-state index contributed by atoms with van der Waals surface area (Å²) in [5.41, 5.74) is 10.9. The van der Waals surface area contributed by atoms with Crippen LogP contribution in [0.2, 0.25) is 0 Å². The van der Waals surface area contributed by atoms with Crippen molar-refractivity contribution >= 4 is 22.4 Å². The minimum Gasteiger partial charge on any atom is -0.399 e. The molecule has 0 aliphatic rings. The predicted molar refractivity (Wildman–Crippen MR) is 92.7 cm³/mol. The summed E-state index contributed by atoms with van der Waals surface area (Å²) in [5, 5.41) is 3.17. The van der Waals surface area contributed by atoms with E-state index in [0.29, 0.717) is 0 Å². The second-order valence-corrected chi connectivity index (χ2v) is 5.40. The molecule has 0 atom stereocenters. The number of anilines is 2. The molecule has 3 aromatic rings. The van der Waals surface area contributed by atoms with E-state index in [1.54, 1.807) is 0 Å². The Kier molecular flexibility index (Phi) is 3.98. The molecule has 0 aliphatic heterocycles. The predicted octanol–water partition coefficient (Wildman–Crippen LogP) is 2.26. The highest BCUT2D eigenvalue weighted by molar-refractivity contribution is 5.81. The Balaban J connectivity index is 2.00. The number of nitrogens with zero attached hydrogens (tertiary/aromatic N) is 3. The number of imidazole rings is 1. The van der Waals surface area contributed by atoms with Crippen molar-refractivity contribution in [2.45, 2.75) is 0 Å². The van der Waals surface area contributed by atoms with Crippen LogP contribution in [0.4, 0.5) is 11.4 Å². The lowest BCUT2D eigenvalue weighted by Crippen LogP contribution is -2.26. The smallest absolute Gasteiger partial charge is 0.100 e. The molecule has 2 aromatic carbocycles. The maximum absolute atomic E-state index is 5.77. The lowest BCUT2D eigenvalue weighted by atomic mass is 10.2. The fourth-order valence-electron chi connectivity index (χ4n) is 2.48. The zero-order chi connectivity index (χ0) is 15.5. The molecule has 3 rings (SSSR count). The summed E-state index contributed by atoms with van der Waals surface area (Å²) in [4.78, 5) is 6.71. The molecule has 1 heterocycles. The molecule has 0 spiro atoms. The van der Waals surface area contributed by atoms with Crippen molar-refractivity contribution in [3.05, 3.63) is 48.8 Å². The molecule has 0 saturated carbocycles. The van der Waals surface area contributed by atoms with Gasteiger partial charge in [-0.05, 0) is 49.5 Å². The lowest BCUT2D eigenvalue weighted by molar-refractivity contribution is 0.768. The first-order valence-electron chi connectivity index (χ1n) is 7.38.